The van der Waals surface area contributed by atoms with Gasteiger partial charge in [0.2, 0.25) is 5.91 Å². The summed E-state index contributed by atoms with van der Waals surface area (Å²) in [6, 6.07) is -0.183. The smallest absolute Gasteiger partial charge is 0.307 e. The highest BCUT2D eigenvalue weighted by Crippen LogP contribution is 2.08. The first kappa shape index (κ1) is 17.7. The molecule has 1 amide bonds. The van der Waals surface area contributed by atoms with E-state index in [2.05, 4.69) is 12.2 Å². The minimum Gasteiger partial charge on any atom is -0.466 e. The normalized spacial score (nSPS) is 13.3. The summed E-state index contributed by atoms with van der Waals surface area (Å²) >= 11 is 0. The molecule has 1 N–H and O–H groups in total. The quantitative estimate of drug-likeness (QED) is 0.544. The predicted octanol–water partition coefficient (Wildman–Crippen LogP) is 2.83. The van der Waals surface area contributed by atoms with Crippen molar-refractivity contribution >= 4 is 11.9 Å². The van der Waals surface area contributed by atoms with Crippen LogP contribution in [0.2, 0.25) is 0 Å². The number of esters is 1. The Balaban J connectivity index is 4.46. The highest BCUT2D eigenvalue weighted by Gasteiger charge is 2.19. The molecule has 0 fully saturated rings. The molecular formula is C15H27NO3. The molecule has 0 radical (unpaired) electrons. The molecule has 0 saturated heterocycles. The second-order valence-corrected chi connectivity index (χ2v) is 5.11. The van der Waals surface area contributed by atoms with Crippen molar-refractivity contribution in [1.29, 1.82) is 0 Å². The molecule has 0 aliphatic rings. The molecule has 1 unspecified atom stereocenters. The largest absolute Gasteiger partial charge is 0.466 e. The van der Waals surface area contributed by atoms with Crippen LogP contribution >= 0.6 is 0 Å². The van der Waals surface area contributed by atoms with Gasteiger partial charge in [0, 0.05) is 12.1 Å². The first-order valence-corrected chi connectivity index (χ1v) is 7.03. The third kappa shape index (κ3) is 8.41. The van der Waals surface area contributed by atoms with Gasteiger partial charge in [-0.05, 0) is 26.2 Å². The Bertz CT molecular complexity index is 321. The molecule has 0 aromatic carbocycles. The summed E-state index contributed by atoms with van der Waals surface area (Å²) in [6.07, 6.45) is 3.77. The molecule has 1 atom stereocenters. The van der Waals surface area contributed by atoms with Crippen molar-refractivity contribution in [2.24, 2.45) is 5.92 Å². The van der Waals surface area contributed by atoms with E-state index in [-0.39, 0.29) is 30.3 Å². The summed E-state index contributed by atoms with van der Waals surface area (Å²) in [5.41, 5.74) is 1.05. The Morgan fingerprint density at radius 2 is 1.89 bits per heavy atom. The van der Waals surface area contributed by atoms with Crippen molar-refractivity contribution in [2.75, 3.05) is 6.61 Å². The van der Waals surface area contributed by atoms with E-state index in [0.717, 1.165) is 18.4 Å². The van der Waals surface area contributed by atoms with Gasteiger partial charge < -0.3 is 10.1 Å². The molecule has 0 aliphatic carbocycles. The van der Waals surface area contributed by atoms with Crippen LogP contribution in [0.25, 0.3) is 0 Å². The van der Waals surface area contributed by atoms with Crippen LogP contribution in [0.3, 0.4) is 0 Å². The molecule has 0 aromatic rings. The van der Waals surface area contributed by atoms with Crippen LogP contribution in [0.1, 0.15) is 53.9 Å². The standard InChI is InChI=1S/C15H27NO3/c1-6-8-12(5)9-14(17)16-13(11(3)4)10-15(18)19-7-2/h9,11,13H,6-8,10H2,1-5H3,(H,16,17)/b12-9+. The van der Waals surface area contributed by atoms with Crippen LogP contribution < -0.4 is 5.32 Å². The fourth-order valence-electron chi connectivity index (χ4n) is 1.77. The van der Waals surface area contributed by atoms with Gasteiger partial charge in [0.05, 0.1) is 13.0 Å². The van der Waals surface area contributed by atoms with Crippen LogP contribution in [0.15, 0.2) is 11.6 Å². The van der Waals surface area contributed by atoms with Crippen LogP contribution in [0.4, 0.5) is 0 Å². The van der Waals surface area contributed by atoms with E-state index in [4.69, 9.17) is 4.74 Å². The van der Waals surface area contributed by atoms with Gasteiger partial charge in [0.15, 0.2) is 0 Å². The maximum atomic E-state index is 11.8. The molecule has 0 spiro atoms. The maximum absolute atomic E-state index is 11.8. The SMILES string of the molecule is CCC/C(C)=C/C(=O)NC(CC(=O)OCC)C(C)C. The third-order valence-electron chi connectivity index (χ3n) is 2.85. The van der Waals surface area contributed by atoms with Gasteiger partial charge in [-0.2, -0.15) is 0 Å². The summed E-state index contributed by atoms with van der Waals surface area (Å²) in [6.45, 7) is 10.1. The number of hydrogen-bond donors (Lipinski definition) is 1. The number of nitrogens with one attached hydrogen (secondary N) is 1. The van der Waals surface area contributed by atoms with Crippen molar-refractivity contribution in [3.05, 3.63) is 11.6 Å². The Labute approximate surface area is 116 Å². The lowest BCUT2D eigenvalue weighted by atomic mass is 10.0. The van der Waals surface area contributed by atoms with Crippen LogP contribution in [-0.2, 0) is 14.3 Å². The summed E-state index contributed by atoms with van der Waals surface area (Å²) < 4.78 is 4.92. The Kier molecular flexibility index (Phi) is 8.92. The lowest BCUT2D eigenvalue weighted by Crippen LogP contribution is -2.39. The van der Waals surface area contributed by atoms with E-state index >= 15 is 0 Å². The minimum absolute atomic E-state index is 0.131. The Morgan fingerprint density at radius 1 is 1.26 bits per heavy atom. The third-order valence-corrected chi connectivity index (χ3v) is 2.85. The predicted molar refractivity (Wildman–Crippen MR) is 76.7 cm³/mol. The van der Waals surface area contributed by atoms with E-state index < -0.39 is 0 Å². The highest BCUT2D eigenvalue weighted by atomic mass is 16.5. The topological polar surface area (TPSA) is 55.4 Å². The van der Waals surface area contributed by atoms with Gasteiger partial charge in [0.25, 0.3) is 0 Å². The number of carbonyl (C=O) groups excluding carboxylic acids is 2. The zero-order valence-electron chi connectivity index (χ0n) is 12.8. The van der Waals surface area contributed by atoms with Gasteiger partial charge in [-0.3, -0.25) is 9.59 Å². The second kappa shape index (κ2) is 9.59. The number of amides is 1. The molecule has 0 aliphatic heterocycles. The first-order valence-electron chi connectivity index (χ1n) is 7.03. The Morgan fingerprint density at radius 3 is 2.37 bits per heavy atom. The highest BCUT2D eigenvalue weighted by molar-refractivity contribution is 5.88. The fraction of sp³-hybridized carbons (Fsp3) is 0.733. The van der Waals surface area contributed by atoms with Crippen molar-refractivity contribution < 1.29 is 14.3 Å². The summed E-state index contributed by atoms with van der Waals surface area (Å²) in [5.74, 6) is -0.210. The van der Waals surface area contributed by atoms with Crippen molar-refractivity contribution in [2.45, 2.75) is 59.9 Å². The molecule has 0 heterocycles. The molecule has 4 heteroatoms. The van der Waals surface area contributed by atoms with Gasteiger partial charge >= 0.3 is 5.97 Å². The van der Waals surface area contributed by atoms with Crippen LogP contribution in [-0.4, -0.2) is 24.5 Å². The van der Waals surface area contributed by atoms with E-state index in [0.29, 0.717) is 6.61 Å². The van der Waals surface area contributed by atoms with Crippen molar-refractivity contribution in [1.82, 2.24) is 5.32 Å². The van der Waals surface area contributed by atoms with E-state index in [1.807, 2.05) is 20.8 Å². The molecule has 4 nitrogen and oxygen atoms in total. The minimum atomic E-state index is -0.268. The van der Waals surface area contributed by atoms with Gasteiger partial charge in [-0.25, -0.2) is 0 Å². The zero-order chi connectivity index (χ0) is 14.8. The van der Waals surface area contributed by atoms with Crippen molar-refractivity contribution in [3.63, 3.8) is 0 Å². The second-order valence-electron chi connectivity index (χ2n) is 5.11. The van der Waals surface area contributed by atoms with Gasteiger partial charge in [-0.1, -0.05) is 32.8 Å². The molecule has 19 heavy (non-hydrogen) atoms. The lowest BCUT2D eigenvalue weighted by Gasteiger charge is -2.20. The first-order chi connectivity index (χ1) is 8.90. The van der Waals surface area contributed by atoms with E-state index in [9.17, 15) is 9.59 Å². The number of ether oxygens (including phenoxy) is 1. The lowest BCUT2D eigenvalue weighted by molar-refractivity contribution is -0.144. The fourth-order valence-corrected chi connectivity index (χ4v) is 1.77. The molecule has 0 bridgehead atoms. The molecule has 0 rings (SSSR count). The number of rotatable bonds is 8. The molecular weight excluding hydrogens is 242 g/mol. The molecule has 0 saturated carbocycles. The average molecular weight is 269 g/mol. The molecule has 0 aromatic heterocycles. The molecule has 110 valence electrons. The number of carbonyl (C=O) groups is 2. The number of hydrogen-bond acceptors (Lipinski definition) is 3. The average Bonchev–Trinajstić information content (AvgIpc) is 2.28. The van der Waals surface area contributed by atoms with E-state index in [1.165, 1.54) is 0 Å². The van der Waals surface area contributed by atoms with Crippen LogP contribution in [0.5, 0.6) is 0 Å². The van der Waals surface area contributed by atoms with Crippen molar-refractivity contribution in [3.8, 4) is 0 Å². The maximum Gasteiger partial charge on any atom is 0.307 e. The zero-order valence-corrected chi connectivity index (χ0v) is 12.8. The Hall–Kier alpha value is -1.32. The summed E-state index contributed by atoms with van der Waals surface area (Å²) in [4.78, 5) is 23.3. The van der Waals surface area contributed by atoms with E-state index in [1.54, 1.807) is 13.0 Å². The summed E-state index contributed by atoms with van der Waals surface area (Å²) in [5, 5.41) is 2.88. The summed E-state index contributed by atoms with van der Waals surface area (Å²) in [7, 11) is 0. The monoisotopic (exact) mass is 269 g/mol. The number of allylic oxidation sites excluding steroid dienone is 1. The van der Waals surface area contributed by atoms with Gasteiger partial charge in [0.1, 0.15) is 0 Å². The van der Waals surface area contributed by atoms with Crippen LogP contribution in [0, 0.1) is 5.92 Å². The van der Waals surface area contributed by atoms with Gasteiger partial charge in [-0.15, -0.1) is 0 Å².